The summed E-state index contributed by atoms with van der Waals surface area (Å²) in [4.78, 5) is 6.45. The van der Waals surface area contributed by atoms with Crippen molar-refractivity contribution in [1.82, 2.24) is 14.6 Å². The number of thiazole rings is 1. The van der Waals surface area contributed by atoms with Gasteiger partial charge in [-0.05, 0) is 19.8 Å². The predicted octanol–water partition coefficient (Wildman–Crippen LogP) is 1.95. The Bertz CT molecular complexity index is 480. The first-order valence-corrected chi connectivity index (χ1v) is 5.69. The predicted molar refractivity (Wildman–Crippen MR) is 56.6 cm³/mol. The van der Waals surface area contributed by atoms with E-state index >= 15 is 0 Å². The molecular formula is C9H12N4S. The highest BCUT2D eigenvalue weighted by Crippen LogP contribution is 2.40. The third kappa shape index (κ3) is 0.987. The maximum absolute atomic E-state index is 5.58. The second kappa shape index (κ2) is 2.70. The summed E-state index contributed by atoms with van der Waals surface area (Å²) >= 11 is 1.69. The van der Waals surface area contributed by atoms with Gasteiger partial charge in [0, 0.05) is 10.8 Å². The van der Waals surface area contributed by atoms with Gasteiger partial charge in [-0.15, -0.1) is 5.10 Å². The van der Waals surface area contributed by atoms with E-state index < -0.39 is 0 Å². The molecule has 0 unspecified atom stereocenters. The molecule has 1 aliphatic rings. The number of anilines is 1. The highest BCUT2D eigenvalue weighted by atomic mass is 32.1. The van der Waals surface area contributed by atoms with Crippen molar-refractivity contribution in [3.8, 4) is 0 Å². The van der Waals surface area contributed by atoms with Gasteiger partial charge in [0.25, 0.3) is 0 Å². The summed E-state index contributed by atoms with van der Waals surface area (Å²) in [6.07, 6.45) is 3.91. The molecule has 0 aliphatic heterocycles. The summed E-state index contributed by atoms with van der Waals surface area (Å²) in [5.74, 6) is 1.07. The minimum Gasteiger partial charge on any atom is -0.366 e. The smallest absolute Gasteiger partial charge is 0.241 e. The molecule has 2 N–H and O–H groups in total. The fourth-order valence-electron chi connectivity index (χ4n) is 2.02. The molecule has 5 heteroatoms. The van der Waals surface area contributed by atoms with Crippen molar-refractivity contribution in [3.05, 3.63) is 10.6 Å². The molecule has 2 heterocycles. The zero-order chi connectivity index (χ0) is 9.71. The van der Waals surface area contributed by atoms with Gasteiger partial charge in [0.15, 0.2) is 0 Å². The van der Waals surface area contributed by atoms with Gasteiger partial charge < -0.3 is 5.73 Å². The van der Waals surface area contributed by atoms with Crippen LogP contribution in [0.15, 0.2) is 0 Å². The molecule has 0 aromatic carbocycles. The van der Waals surface area contributed by atoms with E-state index in [-0.39, 0.29) is 0 Å². The second-order valence-electron chi connectivity index (χ2n) is 3.84. The molecule has 0 amide bonds. The van der Waals surface area contributed by atoms with E-state index in [2.05, 4.69) is 17.0 Å². The minimum atomic E-state index is 0.386. The number of nitrogen functional groups attached to an aromatic ring is 1. The molecule has 1 aliphatic carbocycles. The lowest BCUT2D eigenvalue weighted by Gasteiger charge is -2.24. The summed E-state index contributed by atoms with van der Waals surface area (Å²) in [5.41, 5.74) is 6.91. The van der Waals surface area contributed by atoms with E-state index in [9.17, 15) is 0 Å². The highest BCUT2D eigenvalue weighted by molar-refractivity contribution is 7.17. The number of fused-ring (bicyclic) bond motifs is 1. The number of aromatic nitrogens is 3. The molecule has 1 fully saturated rings. The molecule has 2 aromatic heterocycles. The second-order valence-corrected chi connectivity index (χ2v) is 5.02. The molecule has 2 aromatic rings. The van der Waals surface area contributed by atoms with E-state index in [4.69, 9.17) is 5.73 Å². The maximum Gasteiger partial charge on any atom is 0.241 e. The summed E-state index contributed by atoms with van der Waals surface area (Å²) in [6, 6.07) is 0. The Kier molecular flexibility index (Phi) is 1.58. The van der Waals surface area contributed by atoms with Crippen LogP contribution in [0.2, 0.25) is 0 Å². The van der Waals surface area contributed by atoms with E-state index in [0.29, 0.717) is 11.9 Å². The van der Waals surface area contributed by atoms with Gasteiger partial charge in [0.2, 0.25) is 10.9 Å². The highest BCUT2D eigenvalue weighted by Gasteiger charge is 2.26. The Hall–Kier alpha value is -1.10. The fraction of sp³-hybridized carbons (Fsp3) is 0.556. The first-order valence-electron chi connectivity index (χ1n) is 4.87. The molecule has 14 heavy (non-hydrogen) atoms. The molecule has 74 valence electrons. The fourth-order valence-corrected chi connectivity index (χ4v) is 3.01. The topological polar surface area (TPSA) is 56.2 Å². The van der Waals surface area contributed by atoms with Gasteiger partial charge in [0.1, 0.15) is 0 Å². The van der Waals surface area contributed by atoms with Gasteiger partial charge in [-0.1, -0.05) is 17.8 Å². The number of aryl methyl sites for hydroxylation is 1. The van der Waals surface area contributed by atoms with Crippen molar-refractivity contribution >= 4 is 22.2 Å². The Morgan fingerprint density at radius 2 is 2.29 bits per heavy atom. The number of nitrogens with two attached hydrogens (primary N) is 1. The minimum absolute atomic E-state index is 0.386. The maximum atomic E-state index is 5.58. The monoisotopic (exact) mass is 208 g/mol. The molecule has 1 saturated carbocycles. The van der Waals surface area contributed by atoms with Crippen LogP contribution >= 0.6 is 11.3 Å². The molecule has 4 nitrogen and oxygen atoms in total. The summed E-state index contributed by atoms with van der Waals surface area (Å²) < 4.78 is 1.93. The van der Waals surface area contributed by atoms with Crippen LogP contribution in [0.1, 0.15) is 35.8 Å². The average molecular weight is 208 g/mol. The number of rotatable bonds is 1. The van der Waals surface area contributed by atoms with Crippen LogP contribution in [0, 0.1) is 6.92 Å². The SMILES string of the molecule is Cc1sc2nc(N)nn2c1C1CCC1. The van der Waals surface area contributed by atoms with Crippen LogP contribution in [0.3, 0.4) is 0 Å². The Balaban J connectivity index is 2.22. The zero-order valence-electron chi connectivity index (χ0n) is 8.03. The Labute approximate surface area is 85.8 Å². The van der Waals surface area contributed by atoms with E-state index in [0.717, 1.165) is 4.96 Å². The lowest BCUT2D eigenvalue weighted by atomic mass is 9.82. The Morgan fingerprint density at radius 3 is 2.93 bits per heavy atom. The molecule has 0 radical (unpaired) electrons. The van der Waals surface area contributed by atoms with Crippen LogP contribution in [-0.4, -0.2) is 14.6 Å². The standard InChI is InChI=1S/C9H12N4S/c1-5-7(6-3-2-4-6)13-9(14-5)11-8(10)12-13/h6H,2-4H2,1H3,(H2,10,12). The van der Waals surface area contributed by atoms with Gasteiger partial charge in [-0.3, -0.25) is 0 Å². The van der Waals surface area contributed by atoms with Crippen LogP contribution in [0.5, 0.6) is 0 Å². The van der Waals surface area contributed by atoms with Gasteiger partial charge in [-0.2, -0.15) is 4.98 Å². The number of hydrogen-bond acceptors (Lipinski definition) is 4. The van der Waals surface area contributed by atoms with E-state index in [1.54, 1.807) is 11.3 Å². The quantitative estimate of drug-likeness (QED) is 0.779. The lowest BCUT2D eigenvalue weighted by molar-refractivity contribution is 0.404. The molecule has 3 rings (SSSR count). The van der Waals surface area contributed by atoms with Gasteiger partial charge >= 0.3 is 0 Å². The molecule has 0 spiro atoms. The van der Waals surface area contributed by atoms with Gasteiger partial charge in [0.05, 0.1) is 5.69 Å². The average Bonchev–Trinajstić information content (AvgIpc) is 2.48. The summed E-state index contributed by atoms with van der Waals surface area (Å²) in [7, 11) is 0. The lowest BCUT2D eigenvalue weighted by Crippen LogP contribution is -2.12. The van der Waals surface area contributed by atoms with Crippen molar-refractivity contribution in [1.29, 1.82) is 0 Å². The molecule has 0 bridgehead atoms. The first kappa shape index (κ1) is 8.23. The summed E-state index contributed by atoms with van der Waals surface area (Å²) in [6.45, 7) is 2.14. The first-order chi connectivity index (χ1) is 6.75. The molecule has 0 atom stereocenters. The van der Waals surface area contributed by atoms with Crippen LogP contribution in [-0.2, 0) is 0 Å². The normalized spacial score (nSPS) is 17.5. The Morgan fingerprint density at radius 1 is 1.50 bits per heavy atom. The van der Waals surface area contributed by atoms with Crippen LogP contribution in [0.25, 0.3) is 4.96 Å². The van der Waals surface area contributed by atoms with Crippen LogP contribution in [0.4, 0.5) is 5.95 Å². The van der Waals surface area contributed by atoms with Crippen molar-refractivity contribution in [3.63, 3.8) is 0 Å². The van der Waals surface area contributed by atoms with Crippen molar-refractivity contribution < 1.29 is 0 Å². The third-order valence-electron chi connectivity index (χ3n) is 2.92. The number of nitrogens with zero attached hydrogens (tertiary/aromatic N) is 3. The number of hydrogen-bond donors (Lipinski definition) is 1. The molecular weight excluding hydrogens is 196 g/mol. The van der Waals surface area contributed by atoms with Crippen molar-refractivity contribution in [2.45, 2.75) is 32.1 Å². The largest absolute Gasteiger partial charge is 0.366 e. The summed E-state index contributed by atoms with van der Waals surface area (Å²) in [5, 5.41) is 4.23. The van der Waals surface area contributed by atoms with Crippen molar-refractivity contribution in [2.75, 3.05) is 5.73 Å². The third-order valence-corrected chi connectivity index (χ3v) is 3.88. The van der Waals surface area contributed by atoms with E-state index in [1.807, 2.05) is 4.52 Å². The van der Waals surface area contributed by atoms with Gasteiger partial charge in [-0.25, -0.2) is 4.52 Å². The zero-order valence-corrected chi connectivity index (χ0v) is 8.84. The van der Waals surface area contributed by atoms with E-state index in [1.165, 1.54) is 29.8 Å². The molecule has 0 saturated heterocycles. The van der Waals surface area contributed by atoms with Crippen LogP contribution < -0.4 is 5.73 Å². The van der Waals surface area contributed by atoms with Crippen molar-refractivity contribution in [2.24, 2.45) is 0 Å².